The first-order valence-electron chi connectivity index (χ1n) is 7.94. The van der Waals surface area contributed by atoms with Gasteiger partial charge in [-0.25, -0.2) is 0 Å². The van der Waals surface area contributed by atoms with Gasteiger partial charge in [-0.2, -0.15) is 4.99 Å². The fourth-order valence-corrected chi connectivity index (χ4v) is 4.71. The maximum Gasteiger partial charge on any atom is 0.265 e. The molecule has 0 saturated carbocycles. The van der Waals surface area contributed by atoms with E-state index in [1.54, 1.807) is 30.3 Å². The van der Waals surface area contributed by atoms with Gasteiger partial charge in [-0.3, -0.25) is 9.59 Å². The van der Waals surface area contributed by atoms with Crippen molar-refractivity contribution in [2.45, 2.75) is 17.4 Å². The van der Waals surface area contributed by atoms with E-state index < -0.39 is 22.7 Å². The fourth-order valence-electron chi connectivity index (χ4n) is 3.29. The lowest BCUT2D eigenvalue weighted by Crippen LogP contribution is -2.49. The summed E-state index contributed by atoms with van der Waals surface area (Å²) in [5.41, 5.74) is 5.33. The number of amides is 2. The summed E-state index contributed by atoms with van der Waals surface area (Å²) in [4.78, 5) is 30.7. The molecule has 0 radical (unpaired) electrons. The van der Waals surface area contributed by atoms with Crippen molar-refractivity contribution in [3.05, 3.63) is 63.1 Å². The van der Waals surface area contributed by atoms with Crippen LogP contribution in [0.15, 0.2) is 51.9 Å². The molecule has 2 atom stereocenters. The number of thioether (sulfide) groups is 1. The topological polar surface area (TPSA) is 96.0 Å². The highest BCUT2D eigenvalue weighted by Crippen LogP contribution is 2.48. The van der Waals surface area contributed by atoms with E-state index in [1.807, 2.05) is 12.1 Å². The van der Waals surface area contributed by atoms with E-state index in [1.165, 1.54) is 4.90 Å². The number of fused-ring (bicyclic) bond motifs is 1. The first kappa shape index (κ1) is 18.5. The molecule has 2 aliphatic heterocycles. The van der Waals surface area contributed by atoms with Gasteiger partial charge in [0, 0.05) is 15.1 Å². The second kappa shape index (κ2) is 6.63. The highest BCUT2D eigenvalue weighted by Gasteiger charge is 2.59. The number of nitrogens with two attached hydrogens (primary N) is 1. The van der Waals surface area contributed by atoms with Crippen LogP contribution in [-0.2, 0) is 21.7 Å². The number of benzene rings is 2. The lowest BCUT2D eigenvalue weighted by molar-refractivity contribution is -0.140. The molecule has 4 rings (SSSR count). The minimum Gasteiger partial charge on any atom is -0.378 e. The van der Waals surface area contributed by atoms with Crippen LogP contribution >= 0.6 is 39.3 Å². The number of carbonyl (C=O) groups excluding carboxylic acids is 2. The Kier molecular flexibility index (Phi) is 4.54. The Morgan fingerprint density at radius 1 is 1.26 bits per heavy atom. The first-order valence-corrected chi connectivity index (χ1v) is 9.99. The smallest absolute Gasteiger partial charge is 0.265 e. The Labute approximate surface area is 172 Å². The third-order valence-electron chi connectivity index (χ3n) is 4.55. The molecular formula is C18H13BrClN3O3S. The summed E-state index contributed by atoms with van der Waals surface area (Å²) in [5, 5.41) is 10.9. The molecule has 0 saturated heterocycles. The van der Waals surface area contributed by atoms with Crippen molar-refractivity contribution >= 4 is 62.0 Å². The van der Waals surface area contributed by atoms with Gasteiger partial charge in [0.2, 0.25) is 0 Å². The number of amidine groups is 1. The van der Waals surface area contributed by atoms with Crippen molar-refractivity contribution in [3.8, 4) is 0 Å². The molecule has 2 heterocycles. The Bertz CT molecular complexity index is 998. The summed E-state index contributed by atoms with van der Waals surface area (Å²) in [7, 11) is 0. The Morgan fingerprint density at radius 3 is 2.59 bits per heavy atom. The molecule has 2 unspecified atom stereocenters. The minimum absolute atomic E-state index is 0.0407. The first-order chi connectivity index (χ1) is 12.8. The predicted molar refractivity (Wildman–Crippen MR) is 109 cm³/mol. The monoisotopic (exact) mass is 465 g/mol. The SMILES string of the molecule is NC1=NC(=O)C(C2(O)C(=O)N(Cc3ccc(Cl)cc3)c3ccc(Br)cc32)S1. The predicted octanol–water partition coefficient (Wildman–Crippen LogP) is 2.79. The molecule has 6 nitrogen and oxygen atoms in total. The van der Waals surface area contributed by atoms with Crippen molar-refractivity contribution in [1.29, 1.82) is 0 Å². The average Bonchev–Trinajstić information content (AvgIpc) is 3.07. The number of nitrogens with zero attached hydrogens (tertiary/aromatic N) is 2. The lowest BCUT2D eigenvalue weighted by Gasteiger charge is -2.26. The van der Waals surface area contributed by atoms with Gasteiger partial charge in [-0.15, -0.1) is 0 Å². The van der Waals surface area contributed by atoms with Crippen LogP contribution in [0.5, 0.6) is 0 Å². The summed E-state index contributed by atoms with van der Waals surface area (Å²) in [5.74, 6) is -1.20. The summed E-state index contributed by atoms with van der Waals surface area (Å²) in [6.07, 6.45) is 0. The van der Waals surface area contributed by atoms with Crippen molar-refractivity contribution in [2.75, 3.05) is 4.90 Å². The fraction of sp³-hybridized carbons (Fsp3) is 0.167. The molecule has 0 spiro atoms. The van der Waals surface area contributed by atoms with E-state index in [4.69, 9.17) is 17.3 Å². The Morgan fingerprint density at radius 2 is 1.96 bits per heavy atom. The van der Waals surface area contributed by atoms with E-state index in [0.717, 1.165) is 17.3 Å². The van der Waals surface area contributed by atoms with Crippen LogP contribution in [-0.4, -0.2) is 27.3 Å². The van der Waals surface area contributed by atoms with Gasteiger partial charge in [0.1, 0.15) is 5.25 Å². The average molecular weight is 467 g/mol. The second-order valence-electron chi connectivity index (χ2n) is 6.23. The van der Waals surface area contributed by atoms with Crippen molar-refractivity contribution in [2.24, 2.45) is 10.7 Å². The quantitative estimate of drug-likeness (QED) is 0.725. The van der Waals surface area contributed by atoms with E-state index in [0.29, 0.717) is 20.7 Å². The van der Waals surface area contributed by atoms with Crippen LogP contribution in [0.3, 0.4) is 0 Å². The van der Waals surface area contributed by atoms with Crippen molar-refractivity contribution in [3.63, 3.8) is 0 Å². The van der Waals surface area contributed by atoms with E-state index in [9.17, 15) is 14.7 Å². The molecule has 3 N–H and O–H groups in total. The molecule has 0 fully saturated rings. The maximum absolute atomic E-state index is 13.3. The third kappa shape index (κ3) is 2.97. The Balaban J connectivity index is 1.79. The number of aliphatic imine (C=N–C) groups is 1. The standard InChI is InChI=1S/C18H13BrClN3O3S/c19-10-3-6-13-12(7-10)18(26,14-15(24)22-17(21)27-14)16(25)23(13)8-9-1-4-11(20)5-2-9/h1-7,14,26H,8H2,(H2,21,22,24). The minimum atomic E-state index is -2.04. The van der Waals surface area contributed by atoms with Gasteiger partial charge in [0.15, 0.2) is 10.8 Å². The molecule has 27 heavy (non-hydrogen) atoms. The zero-order valence-electron chi connectivity index (χ0n) is 13.7. The van der Waals surface area contributed by atoms with Crippen LogP contribution in [0.25, 0.3) is 0 Å². The van der Waals surface area contributed by atoms with Crippen molar-refractivity contribution in [1.82, 2.24) is 0 Å². The molecule has 2 amide bonds. The number of rotatable bonds is 3. The number of hydrogen-bond donors (Lipinski definition) is 2. The van der Waals surface area contributed by atoms with Gasteiger partial charge in [0.25, 0.3) is 11.8 Å². The highest BCUT2D eigenvalue weighted by atomic mass is 79.9. The van der Waals surface area contributed by atoms with Gasteiger partial charge in [0.05, 0.1) is 12.2 Å². The number of carbonyl (C=O) groups is 2. The normalized spacial score (nSPS) is 24.3. The van der Waals surface area contributed by atoms with Crippen LogP contribution in [0.2, 0.25) is 5.02 Å². The molecule has 138 valence electrons. The summed E-state index contributed by atoms with van der Waals surface area (Å²) in [6, 6.07) is 12.2. The van der Waals surface area contributed by atoms with Crippen LogP contribution in [0.4, 0.5) is 5.69 Å². The Hall–Kier alpha value is -1.87. The molecule has 2 aromatic rings. The molecule has 9 heteroatoms. The molecule has 0 aliphatic carbocycles. The summed E-state index contributed by atoms with van der Waals surface area (Å²) < 4.78 is 0.685. The van der Waals surface area contributed by atoms with Gasteiger partial charge >= 0.3 is 0 Å². The van der Waals surface area contributed by atoms with E-state index in [2.05, 4.69) is 20.9 Å². The molecule has 2 aromatic carbocycles. The number of hydrogen-bond acceptors (Lipinski definition) is 5. The summed E-state index contributed by atoms with van der Waals surface area (Å²) in [6.45, 7) is 0.231. The van der Waals surface area contributed by atoms with Gasteiger partial charge in [-0.1, -0.05) is 51.4 Å². The van der Waals surface area contributed by atoms with Crippen LogP contribution in [0.1, 0.15) is 11.1 Å². The number of anilines is 1. The summed E-state index contributed by atoms with van der Waals surface area (Å²) >= 11 is 10.2. The van der Waals surface area contributed by atoms with Gasteiger partial charge < -0.3 is 15.7 Å². The maximum atomic E-state index is 13.3. The zero-order valence-corrected chi connectivity index (χ0v) is 16.9. The third-order valence-corrected chi connectivity index (χ3v) is 6.40. The molecular weight excluding hydrogens is 454 g/mol. The number of aliphatic hydroxyl groups is 1. The zero-order chi connectivity index (χ0) is 19.3. The lowest BCUT2D eigenvalue weighted by atomic mass is 9.91. The van der Waals surface area contributed by atoms with Crippen LogP contribution in [0, 0.1) is 0 Å². The molecule has 0 bridgehead atoms. The molecule has 0 aromatic heterocycles. The van der Waals surface area contributed by atoms with Gasteiger partial charge in [-0.05, 0) is 35.9 Å². The van der Waals surface area contributed by atoms with Crippen molar-refractivity contribution < 1.29 is 14.7 Å². The second-order valence-corrected chi connectivity index (χ2v) is 8.71. The highest BCUT2D eigenvalue weighted by molar-refractivity contribution is 9.10. The number of halogens is 2. The van der Waals surface area contributed by atoms with E-state index >= 15 is 0 Å². The molecule has 2 aliphatic rings. The van der Waals surface area contributed by atoms with Crippen LogP contribution < -0.4 is 10.6 Å². The van der Waals surface area contributed by atoms with E-state index in [-0.39, 0.29) is 11.7 Å². The largest absolute Gasteiger partial charge is 0.378 e.